The Kier molecular flexibility index (Phi) is 9.20. The summed E-state index contributed by atoms with van der Waals surface area (Å²) >= 11 is 0. The topological polar surface area (TPSA) is 206 Å². The average molecular weight is 685 g/mol. The van der Waals surface area contributed by atoms with Gasteiger partial charge in [-0.3, -0.25) is 19.1 Å². The number of hydrogen-bond acceptors (Lipinski definition) is 10. The molecule has 15 nitrogen and oxygen atoms in total. The average Bonchev–Trinajstić information content (AvgIpc) is 3.96. The maximum atomic E-state index is 14.1. The molecule has 16 heteroatoms. The minimum atomic E-state index is -3.89. The molecule has 0 unspecified atom stereocenters. The largest absolute Gasteiger partial charge is 0.497 e. The minimum absolute atomic E-state index is 0.00715. The van der Waals surface area contributed by atoms with Gasteiger partial charge in [-0.2, -0.15) is 0 Å². The van der Waals surface area contributed by atoms with E-state index in [4.69, 9.17) is 9.47 Å². The molecule has 4 amide bonds. The summed E-state index contributed by atoms with van der Waals surface area (Å²) in [6.45, 7) is 1.66. The summed E-state index contributed by atoms with van der Waals surface area (Å²) in [6, 6.07) is 2.99. The highest BCUT2D eigenvalue weighted by molar-refractivity contribution is 7.91. The predicted molar refractivity (Wildman–Crippen MR) is 172 cm³/mol. The highest BCUT2D eigenvalue weighted by Gasteiger charge is 2.62. The predicted octanol–water partition coefficient (Wildman–Crippen LogP) is 1.93. The number of nitrogens with zero attached hydrogens (tertiary/aromatic N) is 3. The van der Waals surface area contributed by atoms with Crippen molar-refractivity contribution in [2.75, 3.05) is 13.7 Å². The van der Waals surface area contributed by atoms with E-state index in [9.17, 15) is 32.7 Å². The van der Waals surface area contributed by atoms with E-state index in [2.05, 4.69) is 25.3 Å². The molecule has 0 spiro atoms. The molecule has 2 aliphatic carbocycles. The molecule has 3 heterocycles. The Morgan fingerprint density at radius 2 is 1.90 bits per heavy atom. The summed E-state index contributed by atoms with van der Waals surface area (Å²) in [7, 11) is -2.35. The van der Waals surface area contributed by atoms with Crippen LogP contribution in [0.4, 0.5) is 4.79 Å². The van der Waals surface area contributed by atoms with Gasteiger partial charge >= 0.3 is 6.09 Å². The van der Waals surface area contributed by atoms with Crippen LogP contribution in [0.15, 0.2) is 30.4 Å². The third kappa shape index (κ3) is 7.03. The molecule has 1 aromatic carbocycles. The molecule has 3 fully saturated rings. The molecular weight excluding hydrogens is 644 g/mol. The molecule has 1 saturated heterocycles. The minimum Gasteiger partial charge on any atom is -0.497 e. The first-order valence-corrected chi connectivity index (χ1v) is 17.8. The van der Waals surface area contributed by atoms with Crippen molar-refractivity contribution in [1.29, 1.82) is 0 Å². The van der Waals surface area contributed by atoms with Crippen LogP contribution in [0.2, 0.25) is 0 Å². The maximum absolute atomic E-state index is 14.1. The number of ether oxygens (including phenoxy) is 2. The second-order valence-electron chi connectivity index (χ2n) is 13.0. The molecule has 6 rings (SSSR count). The number of allylic oxidation sites excluding steroid dienone is 1. The van der Waals surface area contributed by atoms with E-state index in [1.54, 1.807) is 25.1 Å². The standard InChI is InChI=1S/C32H40N6O9S/c1-18-28(34-25-14-20(46-2)10-13-23(25)33-18)47-21-15-26-27(39)36-32(30(41)37-48(44,45)22-11-12-22)16-19(32)8-6-4-3-5-7-9-24(35-31(42)43)29(40)38(26)17-21/h6,8,10,13-14,19,21-22,24,26,35H,3-5,7,9,11-12,15-17H2,1-2H3,(H,36,39)(H,37,41)(H,42,43)/b8-6-/t19-,21-,24+,26+,32-/m1/s1. The Balaban J connectivity index is 1.30. The molecule has 258 valence electrons. The molecule has 0 bridgehead atoms. The number of rotatable bonds is 7. The van der Waals surface area contributed by atoms with E-state index >= 15 is 0 Å². The van der Waals surface area contributed by atoms with Crippen LogP contribution < -0.4 is 24.8 Å². The lowest BCUT2D eigenvalue weighted by atomic mass is 10.1. The summed E-state index contributed by atoms with van der Waals surface area (Å²) in [5.41, 5.74) is 0.113. The molecule has 48 heavy (non-hydrogen) atoms. The van der Waals surface area contributed by atoms with Gasteiger partial charge in [-0.1, -0.05) is 25.0 Å². The highest BCUT2D eigenvalue weighted by atomic mass is 32.2. The van der Waals surface area contributed by atoms with Crippen LogP contribution in [0, 0.1) is 12.8 Å². The van der Waals surface area contributed by atoms with Crippen molar-refractivity contribution < 1.29 is 42.2 Å². The van der Waals surface area contributed by atoms with Gasteiger partial charge in [0.05, 0.1) is 29.9 Å². The van der Waals surface area contributed by atoms with E-state index < -0.39 is 68.7 Å². The maximum Gasteiger partial charge on any atom is 0.405 e. The molecule has 4 N–H and O–H groups in total. The van der Waals surface area contributed by atoms with Crippen LogP contribution in [-0.2, 0) is 24.4 Å². The number of carboxylic acid groups (broad SMARTS) is 1. The molecule has 2 saturated carbocycles. The second-order valence-corrected chi connectivity index (χ2v) is 14.9. The Morgan fingerprint density at radius 1 is 1.10 bits per heavy atom. The number of aryl methyl sites for hydroxylation is 1. The van der Waals surface area contributed by atoms with E-state index in [1.807, 2.05) is 12.2 Å². The Morgan fingerprint density at radius 3 is 2.62 bits per heavy atom. The van der Waals surface area contributed by atoms with Crippen LogP contribution in [-0.4, -0.2) is 94.8 Å². The van der Waals surface area contributed by atoms with Gasteiger partial charge in [-0.05, 0) is 57.6 Å². The summed E-state index contributed by atoms with van der Waals surface area (Å²) in [6.07, 6.45) is 5.73. The monoisotopic (exact) mass is 684 g/mol. The van der Waals surface area contributed by atoms with E-state index in [-0.39, 0.29) is 31.7 Å². The number of carbonyl (C=O) groups is 4. The normalized spacial score (nSPS) is 28.6. The number of hydrogen-bond donors (Lipinski definition) is 4. The van der Waals surface area contributed by atoms with Crippen molar-refractivity contribution in [2.24, 2.45) is 5.92 Å². The van der Waals surface area contributed by atoms with Gasteiger partial charge in [0.15, 0.2) is 0 Å². The van der Waals surface area contributed by atoms with E-state index in [1.165, 1.54) is 12.0 Å². The lowest BCUT2D eigenvalue weighted by Crippen LogP contribution is -2.58. The van der Waals surface area contributed by atoms with Crippen LogP contribution in [0.1, 0.15) is 63.5 Å². The summed E-state index contributed by atoms with van der Waals surface area (Å²) in [4.78, 5) is 63.8. The lowest BCUT2D eigenvalue weighted by Gasteiger charge is -2.29. The van der Waals surface area contributed by atoms with Crippen LogP contribution in [0.25, 0.3) is 11.0 Å². The second kappa shape index (κ2) is 13.2. The zero-order valence-corrected chi connectivity index (χ0v) is 27.6. The Hall–Kier alpha value is -4.47. The number of amides is 4. The van der Waals surface area contributed by atoms with Crippen LogP contribution >= 0.6 is 0 Å². The fourth-order valence-electron chi connectivity index (χ4n) is 6.50. The Labute approximate surface area is 277 Å². The fraction of sp³-hybridized carbons (Fsp3) is 0.562. The van der Waals surface area contributed by atoms with Gasteiger partial charge in [0.1, 0.15) is 35.2 Å². The number of aromatic nitrogens is 2. The third-order valence-electron chi connectivity index (χ3n) is 9.42. The molecule has 4 aliphatic rings. The van der Waals surface area contributed by atoms with Crippen molar-refractivity contribution in [2.45, 2.75) is 93.7 Å². The first kappa shape index (κ1) is 33.4. The summed E-state index contributed by atoms with van der Waals surface area (Å²) in [5, 5.41) is 14.0. The lowest BCUT2D eigenvalue weighted by molar-refractivity contribution is -0.141. The van der Waals surface area contributed by atoms with Crippen molar-refractivity contribution in [3.63, 3.8) is 0 Å². The van der Waals surface area contributed by atoms with Gasteiger partial charge in [0, 0.05) is 18.4 Å². The number of fused-ring (bicyclic) bond motifs is 3. The smallest absolute Gasteiger partial charge is 0.405 e. The fourth-order valence-corrected chi connectivity index (χ4v) is 7.86. The van der Waals surface area contributed by atoms with E-state index in [0.29, 0.717) is 48.2 Å². The molecule has 1 aromatic heterocycles. The van der Waals surface area contributed by atoms with Crippen molar-refractivity contribution in [3.8, 4) is 11.6 Å². The van der Waals surface area contributed by atoms with Crippen LogP contribution in [0.5, 0.6) is 11.6 Å². The highest BCUT2D eigenvalue weighted by Crippen LogP contribution is 2.46. The molecule has 5 atom stereocenters. The van der Waals surface area contributed by atoms with Gasteiger partial charge in [-0.25, -0.2) is 23.2 Å². The van der Waals surface area contributed by atoms with E-state index in [0.717, 1.165) is 12.8 Å². The van der Waals surface area contributed by atoms with Crippen LogP contribution in [0.3, 0.4) is 0 Å². The zero-order chi connectivity index (χ0) is 34.2. The molecule has 2 aliphatic heterocycles. The number of sulfonamides is 1. The molecule has 2 aromatic rings. The zero-order valence-electron chi connectivity index (χ0n) is 26.8. The van der Waals surface area contributed by atoms with Crippen molar-refractivity contribution in [1.82, 2.24) is 30.2 Å². The molecular formula is C32H40N6O9S. The Bertz CT molecular complexity index is 1760. The van der Waals surface area contributed by atoms with Crippen molar-refractivity contribution >= 4 is 44.9 Å². The number of methoxy groups -OCH3 is 1. The van der Waals surface area contributed by atoms with Gasteiger partial charge in [0.25, 0.3) is 5.91 Å². The third-order valence-corrected chi connectivity index (χ3v) is 11.2. The van der Waals surface area contributed by atoms with Gasteiger partial charge < -0.3 is 30.1 Å². The quantitative estimate of drug-likeness (QED) is 0.310. The molecule has 0 radical (unpaired) electrons. The summed E-state index contributed by atoms with van der Waals surface area (Å²) in [5.74, 6) is -1.73. The first-order chi connectivity index (χ1) is 22.9. The summed E-state index contributed by atoms with van der Waals surface area (Å²) < 4.78 is 39.1. The van der Waals surface area contributed by atoms with Gasteiger partial charge in [0.2, 0.25) is 27.7 Å². The van der Waals surface area contributed by atoms with Crippen molar-refractivity contribution in [3.05, 3.63) is 36.0 Å². The number of carbonyl (C=O) groups excluding carboxylic acids is 3. The first-order valence-electron chi connectivity index (χ1n) is 16.2. The SMILES string of the molecule is COc1ccc2nc(C)c(O[C@@H]3C[C@H]4C(=O)N[C@]5(C(=O)NS(=O)(=O)C6CC6)C[C@H]5/C=C\CCCCC[C@H](NC(=O)O)C(=O)N4C3)nc2c1. The number of nitrogens with one attached hydrogen (secondary N) is 3. The number of benzene rings is 1. The van der Waals surface area contributed by atoms with Gasteiger partial charge in [-0.15, -0.1) is 0 Å².